The summed E-state index contributed by atoms with van der Waals surface area (Å²) in [7, 11) is 3.66. The summed E-state index contributed by atoms with van der Waals surface area (Å²) in [6.45, 7) is 10.6. The van der Waals surface area contributed by atoms with E-state index in [0.29, 0.717) is 18.1 Å². The summed E-state index contributed by atoms with van der Waals surface area (Å²) in [6, 6.07) is 0.439. The molecule has 2 fully saturated rings. The highest BCUT2D eigenvalue weighted by atomic mass is 16.5. The molecule has 2 rings (SSSR count). The van der Waals surface area contributed by atoms with E-state index in [-0.39, 0.29) is 5.41 Å². The van der Waals surface area contributed by atoms with Crippen LogP contribution in [0.4, 0.5) is 0 Å². The lowest BCUT2D eigenvalue weighted by atomic mass is 9.64. The number of nitrogens with one attached hydrogen (secondary N) is 1. The Bertz CT molecular complexity index is 398. The first-order chi connectivity index (χ1) is 11.0. The summed E-state index contributed by atoms with van der Waals surface area (Å²) < 4.78 is 11.3. The van der Waals surface area contributed by atoms with Gasteiger partial charge in [0.05, 0.1) is 12.7 Å². The quantitative estimate of drug-likeness (QED) is 0.444. The number of hydrogen-bond donors (Lipinski definition) is 1. The molecule has 2 aliphatic rings. The second-order valence-corrected chi connectivity index (χ2v) is 7.57. The van der Waals surface area contributed by atoms with E-state index < -0.39 is 0 Å². The van der Waals surface area contributed by atoms with Crippen molar-refractivity contribution in [3.63, 3.8) is 0 Å². The first kappa shape index (κ1) is 18.5. The van der Waals surface area contributed by atoms with Crippen molar-refractivity contribution in [2.24, 2.45) is 16.3 Å². The predicted octanol–water partition coefficient (Wildman–Crippen LogP) is 2.51. The molecule has 0 aromatic rings. The fourth-order valence-electron chi connectivity index (χ4n) is 3.63. The molecule has 1 aliphatic heterocycles. The number of methoxy groups -OCH3 is 1. The number of nitrogens with zero attached hydrogens (tertiary/aromatic N) is 2. The average Bonchev–Trinajstić information content (AvgIpc) is 2.98. The Labute approximate surface area is 141 Å². The summed E-state index contributed by atoms with van der Waals surface area (Å²) in [6.07, 6.45) is 4.97. The molecule has 5 nitrogen and oxygen atoms in total. The van der Waals surface area contributed by atoms with Crippen LogP contribution >= 0.6 is 0 Å². The topological polar surface area (TPSA) is 46.1 Å². The minimum Gasteiger partial charge on any atom is -0.384 e. The molecule has 3 atom stereocenters. The molecule has 0 aromatic carbocycles. The molecular formula is C18H35N3O2. The Morgan fingerprint density at radius 3 is 2.78 bits per heavy atom. The Balaban J connectivity index is 1.82. The highest BCUT2D eigenvalue weighted by Crippen LogP contribution is 2.43. The van der Waals surface area contributed by atoms with Crippen molar-refractivity contribution in [1.29, 1.82) is 0 Å². The Morgan fingerprint density at radius 1 is 1.39 bits per heavy atom. The van der Waals surface area contributed by atoms with Crippen molar-refractivity contribution < 1.29 is 9.47 Å². The number of hydrogen-bond acceptors (Lipinski definition) is 3. The Kier molecular flexibility index (Phi) is 6.72. The van der Waals surface area contributed by atoms with Crippen molar-refractivity contribution in [3.8, 4) is 0 Å². The van der Waals surface area contributed by atoms with Crippen LogP contribution in [-0.2, 0) is 9.47 Å². The van der Waals surface area contributed by atoms with Crippen LogP contribution in [0.5, 0.6) is 0 Å². The van der Waals surface area contributed by atoms with Crippen LogP contribution in [-0.4, -0.2) is 63.5 Å². The van der Waals surface area contributed by atoms with Crippen molar-refractivity contribution in [2.45, 2.75) is 58.6 Å². The van der Waals surface area contributed by atoms with Gasteiger partial charge in [-0.1, -0.05) is 27.2 Å². The van der Waals surface area contributed by atoms with E-state index in [1.165, 1.54) is 12.8 Å². The summed E-state index contributed by atoms with van der Waals surface area (Å²) in [5.74, 6) is 1.66. The zero-order valence-electron chi connectivity index (χ0n) is 15.6. The number of rotatable bonds is 7. The highest BCUT2D eigenvalue weighted by molar-refractivity contribution is 5.80. The van der Waals surface area contributed by atoms with Crippen LogP contribution in [0.15, 0.2) is 4.99 Å². The monoisotopic (exact) mass is 325 g/mol. The van der Waals surface area contributed by atoms with Gasteiger partial charge in [0.25, 0.3) is 0 Å². The van der Waals surface area contributed by atoms with E-state index in [1.54, 1.807) is 7.11 Å². The molecule has 1 saturated carbocycles. The van der Waals surface area contributed by atoms with E-state index in [2.05, 4.69) is 36.0 Å². The van der Waals surface area contributed by atoms with Gasteiger partial charge < -0.3 is 19.7 Å². The van der Waals surface area contributed by atoms with Gasteiger partial charge in [-0.15, -0.1) is 0 Å². The molecule has 1 heterocycles. The van der Waals surface area contributed by atoms with Gasteiger partial charge in [0, 0.05) is 51.2 Å². The molecule has 1 saturated heterocycles. The Hall–Kier alpha value is -0.810. The second kappa shape index (κ2) is 8.34. The fourth-order valence-corrected chi connectivity index (χ4v) is 3.63. The van der Waals surface area contributed by atoms with E-state index >= 15 is 0 Å². The lowest BCUT2D eigenvalue weighted by molar-refractivity contribution is -0.114. The predicted molar refractivity (Wildman–Crippen MR) is 94.9 cm³/mol. The van der Waals surface area contributed by atoms with Crippen LogP contribution in [0.2, 0.25) is 0 Å². The van der Waals surface area contributed by atoms with Crippen molar-refractivity contribution in [3.05, 3.63) is 0 Å². The van der Waals surface area contributed by atoms with Crippen LogP contribution in [0.1, 0.15) is 46.5 Å². The minimum atomic E-state index is 0.162. The van der Waals surface area contributed by atoms with Gasteiger partial charge in [-0.05, 0) is 19.3 Å². The first-order valence-electron chi connectivity index (χ1n) is 9.11. The van der Waals surface area contributed by atoms with Crippen molar-refractivity contribution >= 4 is 5.96 Å². The third-order valence-electron chi connectivity index (χ3n) is 5.50. The van der Waals surface area contributed by atoms with Gasteiger partial charge in [0.15, 0.2) is 5.96 Å². The standard InChI is InChI=1S/C18H35N3O2/c1-6-7-10-23-16-11-15(18(16,2)3)20-17(19-4)21-9-8-14(12-21)13-22-5/h14-16H,6-13H2,1-5H3,(H,19,20). The summed E-state index contributed by atoms with van der Waals surface area (Å²) >= 11 is 0. The molecule has 0 bridgehead atoms. The molecule has 1 aliphatic carbocycles. The molecular weight excluding hydrogens is 290 g/mol. The van der Waals surface area contributed by atoms with Gasteiger partial charge in [-0.3, -0.25) is 4.99 Å². The number of aliphatic imine (C=N–C) groups is 1. The zero-order valence-corrected chi connectivity index (χ0v) is 15.6. The summed E-state index contributed by atoms with van der Waals surface area (Å²) in [5.41, 5.74) is 0.162. The molecule has 0 aromatic heterocycles. The van der Waals surface area contributed by atoms with Crippen molar-refractivity contribution in [1.82, 2.24) is 10.2 Å². The van der Waals surface area contributed by atoms with Crippen LogP contribution in [0, 0.1) is 11.3 Å². The van der Waals surface area contributed by atoms with Gasteiger partial charge in [0.1, 0.15) is 0 Å². The molecule has 23 heavy (non-hydrogen) atoms. The first-order valence-corrected chi connectivity index (χ1v) is 9.11. The van der Waals surface area contributed by atoms with E-state index in [1.807, 2.05) is 7.05 Å². The molecule has 134 valence electrons. The van der Waals surface area contributed by atoms with E-state index in [9.17, 15) is 0 Å². The molecule has 3 unspecified atom stereocenters. The normalized spacial score (nSPS) is 30.4. The third-order valence-corrected chi connectivity index (χ3v) is 5.50. The SMILES string of the molecule is CCCCOC1CC(NC(=NC)N2CCC(COC)C2)C1(C)C. The largest absolute Gasteiger partial charge is 0.384 e. The zero-order chi connectivity index (χ0) is 16.9. The lowest BCUT2D eigenvalue weighted by Crippen LogP contribution is -2.63. The van der Waals surface area contributed by atoms with Gasteiger partial charge in [0.2, 0.25) is 0 Å². The van der Waals surface area contributed by atoms with Crippen molar-refractivity contribution in [2.75, 3.05) is 40.5 Å². The van der Waals surface area contributed by atoms with Gasteiger partial charge in [-0.25, -0.2) is 0 Å². The maximum absolute atomic E-state index is 6.04. The van der Waals surface area contributed by atoms with Crippen LogP contribution in [0.25, 0.3) is 0 Å². The van der Waals surface area contributed by atoms with E-state index in [0.717, 1.165) is 45.1 Å². The third kappa shape index (κ3) is 4.38. The average molecular weight is 325 g/mol. The Morgan fingerprint density at radius 2 is 2.17 bits per heavy atom. The molecule has 5 heteroatoms. The lowest BCUT2D eigenvalue weighted by Gasteiger charge is -2.52. The minimum absolute atomic E-state index is 0.162. The molecule has 0 spiro atoms. The number of guanidine groups is 1. The maximum Gasteiger partial charge on any atom is 0.193 e. The fraction of sp³-hybridized carbons (Fsp3) is 0.944. The molecule has 1 N–H and O–H groups in total. The highest BCUT2D eigenvalue weighted by Gasteiger charge is 2.49. The number of ether oxygens (including phenoxy) is 2. The van der Waals surface area contributed by atoms with Crippen LogP contribution in [0.3, 0.4) is 0 Å². The number of unbranched alkanes of at least 4 members (excludes halogenated alkanes) is 1. The summed E-state index contributed by atoms with van der Waals surface area (Å²) in [5, 5.41) is 3.67. The van der Waals surface area contributed by atoms with E-state index in [4.69, 9.17) is 9.47 Å². The second-order valence-electron chi connectivity index (χ2n) is 7.57. The maximum atomic E-state index is 6.04. The smallest absolute Gasteiger partial charge is 0.193 e. The van der Waals surface area contributed by atoms with Gasteiger partial charge >= 0.3 is 0 Å². The molecule has 0 radical (unpaired) electrons. The molecule has 0 amide bonds. The van der Waals surface area contributed by atoms with Gasteiger partial charge in [-0.2, -0.15) is 0 Å². The van der Waals surface area contributed by atoms with Crippen LogP contribution < -0.4 is 5.32 Å². The summed E-state index contributed by atoms with van der Waals surface area (Å²) in [4.78, 5) is 6.87. The number of likely N-dealkylation sites (tertiary alicyclic amines) is 1.